The Hall–Kier alpha value is -1.18. The van der Waals surface area contributed by atoms with Crippen molar-refractivity contribution < 1.29 is 4.74 Å². The van der Waals surface area contributed by atoms with Crippen molar-refractivity contribution in [1.82, 2.24) is 0 Å². The lowest BCUT2D eigenvalue weighted by Gasteiger charge is -2.28. The number of rotatable bonds is 4. The molecule has 1 heterocycles. The summed E-state index contributed by atoms with van der Waals surface area (Å²) in [5, 5.41) is 0. The van der Waals surface area contributed by atoms with Crippen LogP contribution in [0.2, 0.25) is 0 Å². The van der Waals surface area contributed by atoms with Gasteiger partial charge in [0, 0.05) is 18.3 Å². The molecule has 0 N–H and O–H groups in total. The van der Waals surface area contributed by atoms with E-state index in [0.717, 1.165) is 18.7 Å². The minimum atomic E-state index is 0.689. The van der Waals surface area contributed by atoms with Gasteiger partial charge < -0.3 is 9.64 Å². The van der Waals surface area contributed by atoms with Crippen molar-refractivity contribution in [3.05, 3.63) is 23.8 Å². The Morgan fingerprint density at radius 1 is 1.31 bits per heavy atom. The predicted octanol–water partition coefficient (Wildman–Crippen LogP) is 3.25. The second-order valence-corrected chi connectivity index (χ2v) is 4.41. The standard InChI is InChI=1S/C14H21NO/c1-4-12(5-2)15-9-8-11-10-13(16-3)6-7-14(11)15/h6-7,10,12H,4-5,8-9H2,1-3H3. The fourth-order valence-electron chi connectivity index (χ4n) is 2.64. The summed E-state index contributed by atoms with van der Waals surface area (Å²) in [5.74, 6) is 0.977. The van der Waals surface area contributed by atoms with Gasteiger partial charge in [-0.3, -0.25) is 0 Å². The van der Waals surface area contributed by atoms with Crippen LogP contribution >= 0.6 is 0 Å². The molecule has 0 saturated heterocycles. The average Bonchev–Trinajstić information content (AvgIpc) is 2.74. The van der Waals surface area contributed by atoms with E-state index in [2.05, 4.69) is 36.9 Å². The van der Waals surface area contributed by atoms with E-state index in [9.17, 15) is 0 Å². The summed E-state index contributed by atoms with van der Waals surface area (Å²) in [7, 11) is 1.73. The normalized spacial score (nSPS) is 14.4. The van der Waals surface area contributed by atoms with Gasteiger partial charge in [-0.15, -0.1) is 0 Å². The quantitative estimate of drug-likeness (QED) is 0.770. The number of anilines is 1. The van der Waals surface area contributed by atoms with Crippen molar-refractivity contribution in [2.45, 2.75) is 39.2 Å². The molecule has 0 aliphatic carbocycles. The van der Waals surface area contributed by atoms with Crippen LogP contribution in [0.5, 0.6) is 5.75 Å². The zero-order chi connectivity index (χ0) is 11.5. The third-order valence-electron chi connectivity index (χ3n) is 3.60. The maximum Gasteiger partial charge on any atom is 0.119 e. The Morgan fingerprint density at radius 3 is 2.69 bits per heavy atom. The lowest BCUT2D eigenvalue weighted by atomic mass is 10.1. The zero-order valence-electron chi connectivity index (χ0n) is 10.5. The van der Waals surface area contributed by atoms with Crippen molar-refractivity contribution in [2.75, 3.05) is 18.6 Å². The van der Waals surface area contributed by atoms with Gasteiger partial charge in [-0.2, -0.15) is 0 Å². The minimum Gasteiger partial charge on any atom is -0.497 e. The Labute approximate surface area is 98.2 Å². The maximum atomic E-state index is 5.27. The second kappa shape index (κ2) is 4.77. The molecule has 0 fully saturated rings. The molecule has 2 heteroatoms. The Morgan fingerprint density at radius 2 is 2.06 bits per heavy atom. The molecule has 2 nitrogen and oxygen atoms in total. The molecular formula is C14H21NO. The number of hydrogen-bond donors (Lipinski definition) is 0. The molecule has 0 saturated carbocycles. The van der Waals surface area contributed by atoms with Crippen LogP contribution in [0.1, 0.15) is 32.3 Å². The largest absolute Gasteiger partial charge is 0.497 e. The molecule has 0 atom stereocenters. The first-order valence-electron chi connectivity index (χ1n) is 6.23. The van der Waals surface area contributed by atoms with Crippen molar-refractivity contribution in [3.63, 3.8) is 0 Å². The SMILES string of the molecule is CCC(CC)N1CCc2cc(OC)ccc21. The number of ether oxygens (including phenoxy) is 1. The van der Waals surface area contributed by atoms with Gasteiger partial charge >= 0.3 is 0 Å². The summed E-state index contributed by atoms with van der Waals surface area (Å²) >= 11 is 0. The highest BCUT2D eigenvalue weighted by atomic mass is 16.5. The molecule has 1 aromatic rings. The van der Waals surface area contributed by atoms with E-state index in [1.165, 1.54) is 24.1 Å². The highest BCUT2D eigenvalue weighted by Gasteiger charge is 2.24. The molecule has 0 unspecified atom stereocenters. The Balaban J connectivity index is 2.26. The summed E-state index contributed by atoms with van der Waals surface area (Å²) < 4.78 is 5.27. The monoisotopic (exact) mass is 219 g/mol. The van der Waals surface area contributed by atoms with Crippen LogP contribution in [0, 0.1) is 0 Å². The number of benzene rings is 1. The molecule has 0 aromatic heterocycles. The van der Waals surface area contributed by atoms with Crippen molar-refractivity contribution in [1.29, 1.82) is 0 Å². The van der Waals surface area contributed by atoms with E-state index in [1.807, 2.05) is 0 Å². The van der Waals surface area contributed by atoms with Gasteiger partial charge in [-0.1, -0.05) is 13.8 Å². The third kappa shape index (κ3) is 1.89. The summed E-state index contributed by atoms with van der Waals surface area (Å²) in [6.45, 7) is 5.71. The molecule has 1 aromatic carbocycles. The summed E-state index contributed by atoms with van der Waals surface area (Å²) in [6.07, 6.45) is 3.60. The fourth-order valence-corrected chi connectivity index (χ4v) is 2.64. The maximum absolute atomic E-state index is 5.27. The van der Waals surface area contributed by atoms with Gasteiger partial charge in [-0.25, -0.2) is 0 Å². The van der Waals surface area contributed by atoms with Crippen LogP contribution < -0.4 is 9.64 Å². The molecule has 0 bridgehead atoms. The van der Waals surface area contributed by atoms with E-state index in [-0.39, 0.29) is 0 Å². The Bertz CT molecular complexity index is 358. The molecule has 0 radical (unpaired) electrons. The molecule has 1 aliphatic rings. The average molecular weight is 219 g/mol. The van der Waals surface area contributed by atoms with Gasteiger partial charge in [0.1, 0.15) is 5.75 Å². The molecular weight excluding hydrogens is 198 g/mol. The number of nitrogens with zero attached hydrogens (tertiary/aromatic N) is 1. The van der Waals surface area contributed by atoms with E-state index in [1.54, 1.807) is 7.11 Å². The first-order valence-corrected chi connectivity index (χ1v) is 6.23. The first kappa shape index (κ1) is 11.3. The number of hydrogen-bond acceptors (Lipinski definition) is 2. The molecule has 16 heavy (non-hydrogen) atoms. The van der Waals surface area contributed by atoms with Gasteiger partial charge in [0.15, 0.2) is 0 Å². The number of methoxy groups -OCH3 is 1. The van der Waals surface area contributed by atoms with Crippen molar-refractivity contribution in [2.24, 2.45) is 0 Å². The lowest BCUT2D eigenvalue weighted by Crippen LogP contribution is -2.32. The molecule has 1 aliphatic heterocycles. The van der Waals surface area contributed by atoms with Crippen LogP contribution in [0.15, 0.2) is 18.2 Å². The van der Waals surface area contributed by atoms with E-state index in [0.29, 0.717) is 6.04 Å². The second-order valence-electron chi connectivity index (χ2n) is 4.41. The fraction of sp³-hybridized carbons (Fsp3) is 0.571. The highest BCUT2D eigenvalue weighted by Crippen LogP contribution is 2.33. The van der Waals surface area contributed by atoms with Crippen molar-refractivity contribution >= 4 is 5.69 Å². The molecule has 0 spiro atoms. The first-order chi connectivity index (χ1) is 7.80. The highest BCUT2D eigenvalue weighted by molar-refractivity contribution is 5.60. The van der Waals surface area contributed by atoms with Crippen LogP contribution in [0.25, 0.3) is 0 Å². The minimum absolute atomic E-state index is 0.689. The molecule has 0 amide bonds. The summed E-state index contributed by atoms with van der Waals surface area (Å²) in [5.41, 5.74) is 2.85. The molecule has 88 valence electrons. The Kier molecular flexibility index (Phi) is 3.37. The van der Waals surface area contributed by atoms with Crippen molar-refractivity contribution in [3.8, 4) is 5.75 Å². The molecule has 2 rings (SSSR count). The third-order valence-corrected chi connectivity index (χ3v) is 3.60. The lowest BCUT2D eigenvalue weighted by molar-refractivity contribution is 0.414. The summed E-state index contributed by atoms with van der Waals surface area (Å²) in [4.78, 5) is 2.55. The van der Waals surface area contributed by atoms with E-state index >= 15 is 0 Å². The summed E-state index contributed by atoms with van der Waals surface area (Å²) in [6, 6.07) is 7.14. The van der Waals surface area contributed by atoms with E-state index in [4.69, 9.17) is 4.74 Å². The van der Waals surface area contributed by atoms with Crippen LogP contribution in [-0.2, 0) is 6.42 Å². The predicted molar refractivity (Wildman–Crippen MR) is 68.4 cm³/mol. The van der Waals surface area contributed by atoms with Gasteiger partial charge in [-0.05, 0) is 43.0 Å². The number of fused-ring (bicyclic) bond motifs is 1. The van der Waals surface area contributed by atoms with E-state index < -0.39 is 0 Å². The van der Waals surface area contributed by atoms with Crippen LogP contribution in [0.4, 0.5) is 5.69 Å². The smallest absolute Gasteiger partial charge is 0.119 e. The van der Waals surface area contributed by atoms with Crippen LogP contribution in [0.3, 0.4) is 0 Å². The van der Waals surface area contributed by atoms with Gasteiger partial charge in [0.05, 0.1) is 7.11 Å². The van der Waals surface area contributed by atoms with Crippen LogP contribution in [-0.4, -0.2) is 19.7 Å². The zero-order valence-corrected chi connectivity index (χ0v) is 10.5. The van der Waals surface area contributed by atoms with Gasteiger partial charge in [0.2, 0.25) is 0 Å². The van der Waals surface area contributed by atoms with Gasteiger partial charge in [0.25, 0.3) is 0 Å². The topological polar surface area (TPSA) is 12.5 Å².